The quantitative estimate of drug-likeness (QED) is 0.574. The number of aromatic nitrogens is 5. The molecule has 0 spiro atoms. The van der Waals surface area contributed by atoms with Crippen molar-refractivity contribution in [3.63, 3.8) is 0 Å². The van der Waals surface area contributed by atoms with Crippen molar-refractivity contribution in [2.75, 3.05) is 23.3 Å². The predicted molar refractivity (Wildman–Crippen MR) is 116 cm³/mol. The van der Waals surface area contributed by atoms with Gasteiger partial charge in [0.05, 0.1) is 30.1 Å². The molecule has 1 aliphatic heterocycles. The number of aryl methyl sites for hydroxylation is 1. The van der Waals surface area contributed by atoms with E-state index >= 15 is 0 Å². The topological polar surface area (TPSA) is 120 Å². The second kappa shape index (κ2) is 8.27. The number of halogens is 1. The number of aliphatic hydroxyl groups excluding tert-OH is 1. The van der Waals surface area contributed by atoms with Crippen LogP contribution in [-0.2, 0) is 4.79 Å². The lowest BCUT2D eigenvalue weighted by Gasteiger charge is -2.33. The number of fused-ring (bicyclic) bond motifs is 1. The molecule has 32 heavy (non-hydrogen) atoms. The predicted octanol–water partition coefficient (Wildman–Crippen LogP) is 2.69. The minimum atomic E-state index is -0.450. The van der Waals surface area contributed by atoms with Gasteiger partial charge in [-0.25, -0.2) is 19.3 Å². The third kappa shape index (κ3) is 3.81. The molecule has 1 aromatic carbocycles. The van der Waals surface area contributed by atoms with Crippen molar-refractivity contribution < 1.29 is 14.3 Å². The molecular weight excluding hydrogens is 413 g/mol. The van der Waals surface area contributed by atoms with Gasteiger partial charge in [0.25, 0.3) is 0 Å². The van der Waals surface area contributed by atoms with E-state index in [0.29, 0.717) is 46.7 Å². The maximum Gasteiger partial charge on any atom is 0.247 e. The molecule has 1 fully saturated rings. The van der Waals surface area contributed by atoms with Crippen LogP contribution >= 0.6 is 0 Å². The zero-order valence-corrected chi connectivity index (χ0v) is 17.7. The Labute approximate surface area is 184 Å². The third-order valence-electron chi connectivity index (χ3n) is 6.24. The normalized spacial score (nSPS) is 20.7. The average molecular weight is 437 g/mol. The highest BCUT2D eigenvalue weighted by atomic mass is 19.1. The van der Waals surface area contributed by atoms with E-state index in [1.165, 1.54) is 12.4 Å². The highest BCUT2D eigenvalue weighted by Crippen LogP contribution is 2.34. The molecule has 166 valence electrons. The molecule has 0 saturated heterocycles. The summed E-state index contributed by atoms with van der Waals surface area (Å²) in [6.07, 6.45) is 5.91. The van der Waals surface area contributed by atoms with Crippen LogP contribution in [0.1, 0.15) is 31.2 Å². The number of aromatic amines is 1. The van der Waals surface area contributed by atoms with Crippen LogP contribution < -0.4 is 10.2 Å². The van der Waals surface area contributed by atoms with Gasteiger partial charge in [0, 0.05) is 12.1 Å². The highest BCUT2D eigenvalue weighted by Gasteiger charge is 2.31. The van der Waals surface area contributed by atoms with Crippen molar-refractivity contribution in [1.82, 2.24) is 25.1 Å². The number of aliphatic hydroxyl groups is 1. The van der Waals surface area contributed by atoms with Gasteiger partial charge in [0.15, 0.2) is 17.5 Å². The Morgan fingerprint density at radius 2 is 2.00 bits per heavy atom. The van der Waals surface area contributed by atoms with Gasteiger partial charge in [0.2, 0.25) is 5.91 Å². The van der Waals surface area contributed by atoms with Crippen molar-refractivity contribution in [2.24, 2.45) is 5.92 Å². The summed E-state index contributed by atoms with van der Waals surface area (Å²) in [6, 6.07) is 3.11. The summed E-state index contributed by atoms with van der Waals surface area (Å²) in [5, 5.41) is 19.3. The standard InChI is InChI=1S/C22H24FN7O2/c1-12-6-16(20-26-11-27-29-20)17(23)7-15(12)18-8-24-21-22(28-18)30(19(32)9-25-21)10-13-2-4-14(31)5-3-13/h6-8,11,13-14,31H,2-5,9-10H2,1H3,(H,24,25)(H,26,27,29). The Morgan fingerprint density at radius 1 is 1.19 bits per heavy atom. The minimum absolute atomic E-state index is 0.0707. The number of H-pyrrole nitrogens is 1. The Balaban J connectivity index is 1.48. The van der Waals surface area contributed by atoms with Crippen molar-refractivity contribution in [3.05, 3.63) is 36.0 Å². The number of nitrogens with zero attached hydrogens (tertiary/aromatic N) is 5. The van der Waals surface area contributed by atoms with E-state index in [2.05, 4.69) is 25.5 Å². The van der Waals surface area contributed by atoms with Gasteiger partial charge in [-0.2, -0.15) is 5.10 Å². The van der Waals surface area contributed by atoms with E-state index in [1.54, 1.807) is 17.2 Å². The van der Waals surface area contributed by atoms with Crippen molar-refractivity contribution in [2.45, 2.75) is 38.7 Å². The minimum Gasteiger partial charge on any atom is -0.393 e. The number of carbonyl (C=O) groups is 1. The first-order valence-electron chi connectivity index (χ1n) is 10.7. The Morgan fingerprint density at radius 3 is 2.75 bits per heavy atom. The molecule has 1 saturated carbocycles. The zero-order valence-electron chi connectivity index (χ0n) is 17.7. The van der Waals surface area contributed by atoms with Gasteiger partial charge in [0.1, 0.15) is 12.1 Å². The summed E-state index contributed by atoms with van der Waals surface area (Å²) in [6.45, 7) is 2.57. The van der Waals surface area contributed by atoms with Crippen molar-refractivity contribution in [1.29, 1.82) is 0 Å². The van der Waals surface area contributed by atoms with Gasteiger partial charge in [-0.3, -0.25) is 14.8 Å². The van der Waals surface area contributed by atoms with Gasteiger partial charge >= 0.3 is 0 Å². The second-order valence-corrected chi connectivity index (χ2v) is 8.44. The first-order chi connectivity index (χ1) is 15.5. The lowest BCUT2D eigenvalue weighted by Crippen LogP contribution is -2.44. The number of nitrogens with one attached hydrogen (secondary N) is 2. The molecule has 0 unspecified atom stereocenters. The number of anilines is 2. The third-order valence-corrected chi connectivity index (χ3v) is 6.24. The van der Waals surface area contributed by atoms with Crippen molar-refractivity contribution >= 4 is 17.5 Å². The number of carbonyl (C=O) groups excluding carboxylic acids is 1. The maximum atomic E-state index is 14.9. The molecule has 2 aliphatic rings. The van der Waals surface area contributed by atoms with Crippen LogP contribution in [0, 0.1) is 18.7 Å². The summed E-state index contributed by atoms with van der Waals surface area (Å²) >= 11 is 0. The lowest BCUT2D eigenvalue weighted by molar-refractivity contribution is -0.117. The van der Waals surface area contributed by atoms with E-state index in [9.17, 15) is 14.3 Å². The number of hydrogen-bond acceptors (Lipinski definition) is 7. The zero-order chi connectivity index (χ0) is 22.2. The van der Waals surface area contributed by atoms with Crippen LogP contribution in [0.25, 0.3) is 22.6 Å². The Hall–Kier alpha value is -3.40. The molecule has 0 bridgehead atoms. The Kier molecular flexibility index (Phi) is 5.30. The lowest BCUT2D eigenvalue weighted by atomic mass is 9.87. The first-order valence-corrected chi connectivity index (χ1v) is 10.7. The van der Waals surface area contributed by atoms with E-state index < -0.39 is 5.82 Å². The fraction of sp³-hybridized carbons (Fsp3) is 0.409. The average Bonchev–Trinajstić information content (AvgIpc) is 3.33. The fourth-order valence-electron chi connectivity index (χ4n) is 4.44. The molecule has 3 heterocycles. The van der Waals surface area contributed by atoms with E-state index in [0.717, 1.165) is 31.2 Å². The van der Waals surface area contributed by atoms with Gasteiger partial charge in [-0.15, -0.1) is 0 Å². The SMILES string of the molecule is Cc1cc(-c2ncn[nH]2)c(F)cc1-c1cnc2c(n1)N(CC1CCC(O)CC1)C(=O)CN2. The highest BCUT2D eigenvalue weighted by molar-refractivity contribution is 6.01. The van der Waals surface area contributed by atoms with Crippen LogP contribution in [0.15, 0.2) is 24.7 Å². The number of rotatable bonds is 4. The van der Waals surface area contributed by atoms with Crippen molar-refractivity contribution in [3.8, 4) is 22.6 Å². The number of amides is 1. The smallest absolute Gasteiger partial charge is 0.247 e. The first kappa shape index (κ1) is 20.5. The molecule has 9 nitrogen and oxygen atoms in total. The van der Waals surface area contributed by atoms with Crippen LogP contribution in [-0.4, -0.2) is 55.4 Å². The number of hydrogen-bond donors (Lipinski definition) is 3. The van der Waals surface area contributed by atoms with E-state index in [1.807, 2.05) is 6.92 Å². The molecule has 10 heteroatoms. The summed E-state index contributed by atoms with van der Waals surface area (Å²) in [5.74, 6) is 1.14. The van der Waals surface area contributed by atoms with E-state index in [4.69, 9.17) is 4.98 Å². The monoisotopic (exact) mass is 437 g/mol. The molecule has 5 rings (SSSR count). The molecule has 3 N–H and O–H groups in total. The number of benzene rings is 1. The summed E-state index contributed by atoms with van der Waals surface area (Å²) in [5.41, 5.74) is 2.22. The maximum absolute atomic E-state index is 14.9. The van der Waals surface area contributed by atoms with Crippen LogP contribution in [0.4, 0.5) is 16.0 Å². The molecule has 1 aliphatic carbocycles. The second-order valence-electron chi connectivity index (χ2n) is 8.44. The molecular formula is C22H24FN7O2. The van der Waals surface area contributed by atoms with Crippen LogP contribution in [0.5, 0.6) is 0 Å². The summed E-state index contributed by atoms with van der Waals surface area (Å²) in [4.78, 5) is 27.6. The van der Waals surface area contributed by atoms with Gasteiger partial charge < -0.3 is 10.4 Å². The van der Waals surface area contributed by atoms with Crippen LogP contribution in [0.2, 0.25) is 0 Å². The van der Waals surface area contributed by atoms with Gasteiger partial charge in [-0.1, -0.05) is 0 Å². The Bertz CT molecular complexity index is 1140. The fourth-order valence-corrected chi connectivity index (χ4v) is 4.44. The molecule has 0 radical (unpaired) electrons. The molecule has 1 amide bonds. The van der Waals surface area contributed by atoms with E-state index in [-0.39, 0.29) is 18.6 Å². The largest absolute Gasteiger partial charge is 0.393 e. The summed E-state index contributed by atoms with van der Waals surface area (Å²) in [7, 11) is 0. The van der Waals surface area contributed by atoms with Gasteiger partial charge in [-0.05, 0) is 56.2 Å². The van der Waals surface area contributed by atoms with Crippen LogP contribution in [0.3, 0.4) is 0 Å². The molecule has 0 atom stereocenters. The molecule has 2 aromatic heterocycles. The summed E-state index contributed by atoms with van der Waals surface area (Å²) < 4.78 is 14.9. The molecule has 3 aromatic rings.